The highest BCUT2D eigenvalue weighted by Gasteiger charge is 1.63. The first-order valence-corrected chi connectivity index (χ1v) is 3.03. The fourth-order valence-corrected chi connectivity index (χ4v) is 0.423. The summed E-state index contributed by atoms with van der Waals surface area (Å²) < 4.78 is 1.13. The van der Waals surface area contributed by atoms with Gasteiger partial charge in [0.15, 0.2) is 0 Å². The molecule has 0 aliphatic rings. The van der Waals surface area contributed by atoms with Gasteiger partial charge >= 0.3 is 0 Å². The van der Waals surface area contributed by atoms with Crippen LogP contribution in [0.4, 0.5) is 0 Å². The van der Waals surface area contributed by atoms with E-state index in [0.717, 1.165) is 10.8 Å². The Hall–Kier alpha value is 0.470. The van der Waals surface area contributed by atoms with Crippen LogP contribution in [0.3, 0.4) is 0 Å². The minimum Gasteiger partial charge on any atom is -0.0860 e. The van der Waals surface area contributed by atoms with Gasteiger partial charge in [0, 0.05) is 4.43 Å². The highest BCUT2D eigenvalue weighted by atomic mass is 127. The van der Waals surface area contributed by atoms with Crippen molar-refractivity contribution in [2.24, 2.45) is 0 Å². The maximum absolute atomic E-state index is 5.01. The number of hydrogen-bond acceptors (Lipinski definition) is 0. The van der Waals surface area contributed by atoms with E-state index in [-0.39, 0.29) is 0 Å². The Labute approximate surface area is 46.4 Å². The molecule has 0 aromatic carbocycles. The second-order valence-electron chi connectivity index (χ2n) is 0.713. The second kappa shape index (κ2) is 4.47. The molecule has 0 rings (SSSR count). The monoisotopic (exact) mass is 181 g/mol. The molecule has 0 spiro atoms. The van der Waals surface area contributed by atoms with Gasteiger partial charge in [-0.05, 0) is 6.42 Å². The molecule has 0 aliphatic carbocycles. The summed E-state index contributed by atoms with van der Waals surface area (Å²) in [5.41, 5.74) is 0. The average molecular weight is 181 g/mol. The van der Waals surface area contributed by atoms with Crippen molar-refractivity contribution in [3.8, 4) is 0 Å². The van der Waals surface area contributed by atoms with Gasteiger partial charge in [-0.2, -0.15) is 0 Å². The van der Waals surface area contributed by atoms with Gasteiger partial charge in [0.25, 0.3) is 0 Å². The van der Waals surface area contributed by atoms with Gasteiger partial charge in [-0.1, -0.05) is 35.2 Å². The maximum Gasteiger partial charge on any atom is 0.00300 e. The number of hydrogen-bond donors (Lipinski definition) is 0. The van der Waals surface area contributed by atoms with Gasteiger partial charge in [0.2, 0.25) is 0 Å². The molecule has 0 heterocycles. The molecule has 29 valence electrons. The zero-order valence-corrected chi connectivity index (χ0v) is 5.10. The van der Waals surface area contributed by atoms with Crippen LogP contribution in [0.25, 0.3) is 0 Å². The van der Waals surface area contributed by atoms with E-state index in [1.54, 1.807) is 6.08 Å². The van der Waals surface area contributed by atoms with Crippen LogP contribution in [-0.2, 0) is 0 Å². The molecule has 5 heavy (non-hydrogen) atoms. The van der Waals surface area contributed by atoms with E-state index in [1.807, 2.05) is 0 Å². The molecular weight excluding hydrogens is 175 g/mol. The van der Waals surface area contributed by atoms with Crippen LogP contribution < -0.4 is 0 Å². The van der Waals surface area contributed by atoms with E-state index >= 15 is 0 Å². The summed E-state index contributed by atoms with van der Waals surface area (Å²) in [4.78, 5) is 0. The quantitative estimate of drug-likeness (QED) is 0.450. The molecule has 0 N–H and O–H groups in total. The lowest BCUT2D eigenvalue weighted by atomic mass is 10.5. The number of halogens is 1. The average Bonchev–Trinajstić information content (AvgIpc) is 1.41. The largest absolute Gasteiger partial charge is 0.0860 e. The fourth-order valence-electron chi connectivity index (χ4n) is 0.0630. The first kappa shape index (κ1) is 5.47. The Morgan fingerprint density at radius 2 is 2.40 bits per heavy atom. The van der Waals surface area contributed by atoms with Crippen molar-refractivity contribution in [3.05, 3.63) is 12.7 Å². The van der Waals surface area contributed by atoms with Crippen molar-refractivity contribution >= 4 is 22.6 Å². The van der Waals surface area contributed by atoms with E-state index < -0.39 is 0 Å². The van der Waals surface area contributed by atoms with Crippen molar-refractivity contribution in [1.29, 1.82) is 0 Å². The summed E-state index contributed by atoms with van der Waals surface area (Å²) in [5.74, 6) is 0. The first-order chi connectivity index (χ1) is 2.41. The molecule has 0 aromatic heterocycles. The van der Waals surface area contributed by atoms with Crippen LogP contribution in [0, 0.1) is 6.58 Å². The van der Waals surface area contributed by atoms with Gasteiger partial charge < -0.3 is 0 Å². The summed E-state index contributed by atoms with van der Waals surface area (Å²) in [6.45, 7) is 5.01. The van der Waals surface area contributed by atoms with E-state index in [9.17, 15) is 0 Å². The first-order valence-electron chi connectivity index (χ1n) is 1.51. The van der Waals surface area contributed by atoms with Crippen LogP contribution in [0.5, 0.6) is 0 Å². The fraction of sp³-hybridized carbons (Fsp3) is 0.500. The van der Waals surface area contributed by atoms with E-state index in [2.05, 4.69) is 22.6 Å². The van der Waals surface area contributed by atoms with Crippen LogP contribution in [0.1, 0.15) is 6.42 Å². The normalized spacial score (nSPS) is 7.40. The lowest BCUT2D eigenvalue weighted by Gasteiger charge is -1.70. The number of alkyl halides is 1. The van der Waals surface area contributed by atoms with Gasteiger partial charge in [-0.15, -0.1) is 0 Å². The predicted octanol–water partition coefficient (Wildman–Crippen LogP) is 1.80. The van der Waals surface area contributed by atoms with Crippen LogP contribution in [0.2, 0.25) is 0 Å². The number of allylic oxidation sites excluding steroid dienone is 1. The molecule has 0 bridgehead atoms. The van der Waals surface area contributed by atoms with Crippen molar-refractivity contribution in [3.63, 3.8) is 0 Å². The van der Waals surface area contributed by atoms with Gasteiger partial charge in [0.1, 0.15) is 0 Å². The standard InChI is InChI=1S/C4H6I/c1-2-3-4-5/h1-2H,3-4H2. The smallest absolute Gasteiger partial charge is 0.00300 e. The van der Waals surface area contributed by atoms with Gasteiger partial charge in [0.05, 0.1) is 0 Å². The molecule has 1 radical (unpaired) electrons. The topological polar surface area (TPSA) is 0 Å². The molecule has 0 nitrogen and oxygen atoms in total. The van der Waals surface area contributed by atoms with Crippen LogP contribution in [0.15, 0.2) is 6.08 Å². The molecule has 0 aromatic rings. The predicted molar refractivity (Wildman–Crippen MR) is 32.4 cm³/mol. The zero-order valence-electron chi connectivity index (χ0n) is 2.95. The van der Waals surface area contributed by atoms with Crippen molar-refractivity contribution in [2.45, 2.75) is 6.42 Å². The lowest BCUT2D eigenvalue weighted by molar-refractivity contribution is 1.28. The lowest BCUT2D eigenvalue weighted by Crippen LogP contribution is -1.58. The minimum atomic E-state index is 1.03. The summed E-state index contributed by atoms with van der Waals surface area (Å²) in [5, 5.41) is 0. The molecule has 0 saturated heterocycles. The van der Waals surface area contributed by atoms with E-state index in [1.165, 1.54) is 0 Å². The maximum atomic E-state index is 5.01. The third kappa shape index (κ3) is 4.47. The van der Waals surface area contributed by atoms with E-state index in [4.69, 9.17) is 6.58 Å². The Kier molecular flexibility index (Phi) is 4.89. The van der Waals surface area contributed by atoms with Crippen LogP contribution >= 0.6 is 22.6 Å². The SMILES string of the molecule is [CH]=CCCI. The molecular formula is C4H6I. The van der Waals surface area contributed by atoms with Crippen molar-refractivity contribution in [1.82, 2.24) is 0 Å². The molecule has 0 amide bonds. The summed E-state index contributed by atoms with van der Waals surface area (Å²) in [6.07, 6.45) is 2.70. The molecule has 0 aliphatic heterocycles. The zero-order chi connectivity index (χ0) is 4.12. The molecule has 0 unspecified atom stereocenters. The second-order valence-corrected chi connectivity index (χ2v) is 1.79. The Morgan fingerprint density at radius 1 is 1.80 bits per heavy atom. The summed E-state index contributed by atoms with van der Waals surface area (Å²) in [6, 6.07) is 0. The molecule has 0 saturated carbocycles. The highest BCUT2D eigenvalue weighted by molar-refractivity contribution is 14.1. The summed E-state index contributed by atoms with van der Waals surface area (Å²) >= 11 is 2.28. The Morgan fingerprint density at radius 3 is 2.40 bits per heavy atom. The highest BCUT2D eigenvalue weighted by Crippen LogP contribution is 1.85. The van der Waals surface area contributed by atoms with Gasteiger partial charge in [-0.3, -0.25) is 0 Å². The summed E-state index contributed by atoms with van der Waals surface area (Å²) in [7, 11) is 0. The van der Waals surface area contributed by atoms with Crippen molar-refractivity contribution < 1.29 is 0 Å². The van der Waals surface area contributed by atoms with Crippen molar-refractivity contribution in [2.75, 3.05) is 4.43 Å². The van der Waals surface area contributed by atoms with Crippen LogP contribution in [-0.4, -0.2) is 4.43 Å². The number of rotatable bonds is 2. The third-order valence-corrected chi connectivity index (χ3v) is 0.899. The van der Waals surface area contributed by atoms with E-state index in [0.29, 0.717) is 0 Å². The minimum absolute atomic E-state index is 1.03. The molecule has 0 atom stereocenters. The Bertz CT molecular complexity index is 24.8. The Balaban J connectivity index is 2.40. The molecule has 1 heteroatoms. The molecule has 0 fully saturated rings. The van der Waals surface area contributed by atoms with Gasteiger partial charge in [-0.25, -0.2) is 0 Å². The third-order valence-electron chi connectivity index (χ3n) is 0.276.